The van der Waals surface area contributed by atoms with E-state index >= 15 is 0 Å². The number of benzene rings is 1. The number of ketones is 1. The normalized spacial score (nSPS) is 10.4. The first-order valence-corrected chi connectivity index (χ1v) is 6.55. The maximum Gasteiger partial charge on any atom is 0.164 e. The summed E-state index contributed by atoms with van der Waals surface area (Å²) < 4.78 is 13.7. The van der Waals surface area contributed by atoms with E-state index in [1.807, 2.05) is 28.8 Å². The fourth-order valence-electron chi connectivity index (χ4n) is 1.92. The molecule has 0 unspecified atom stereocenters. The fourth-order valence-corrected chi connectivity index (χ4v) is 2.58. The fraction of sp³-hybridized carbons (Fsp3) is 0.214. The molecule has 94 valence electrons. The summed E-state index contributed by atoms with van der Waals surface area (Å²) >= 11 is 1.62. The SMILES string of the molecule is CC(=O)c1c(F)cccc1N(C)Cc1ccsc1. The van der Waals surface area contributed by atoms with Crippen LogP contribution in [0.5, 0.6) is 0 Å². The minimum Gasteiger partial charge on any atom is -0.370 e. The molecule has 0 aliphatic heterocycles. The molecule has 0 spiro atoms. The van der Waals surface area contributed by atoms with Crippen LogP contribution in [0.25, 0.3) is 0 Å². The molecule has 0 saturated heterocycles. The summed E-state index contributed by atoms with van der Waals surface area (Å²) in [5.74, 6) is -0.711. The van der Waals surface area contributed by atoms with Crippen molar-refractivity contribution in [1.29, 1.82) is 0 Å². The number of halogens is 1. The summed E-state index contributed by atoms with van der Waals surface area (Å²) in [4.78, 5) is 13.4. The van der Waals surface area contributed by atoms with E-state index in [1.54, 1.807) is 23.5 Å². The number of carbonyl (C=O) groups is 1. The van der Waals surface area contributed by atoms with Gasteiger partial charge in [0.2, 0.25) is 0 Å². The lowest BCUT2D eigenvalue weighted by atomic mass is 10.1. The van der Waals surface area contributed by atoms with Gasteiger partial charge in [-0.3, -0.25) is 4.79 Å². The largest absolute Gasteiger partial charge is 0.370 e. The molecule has 0 aliphatic carbocycles. The first kappa shape index (κ1) is 12.8. The van der Waals surface area contributed by atoms with Gasteiger partial charge < -0.3 is 4.90 Å². The Morgan fingerprint density at radius 1 is 1.39 bits per heavy atom. The Morgan fingerprint density at radius 3 is 2.78 bits per heavy atom. The van der Waals surface area contributed by atoms with Gasteiger partial charge in [0, 0.05) is 13.6 Å². The number of carbonyl (C=O) groups excluding carboxylic acids is 1. The Labute approximate surface area is 110 Å². The van der Waals surface area contributed by atoms with Crippen molar-refractivity contribution in [2.75, 3.05) is 11.9 Å². The highest BCUT2D eigenvalue weighted by Gasteiger charge is 2.15. The predicted octanol–water partition coefficient (Wildman–Crippen LogP) is 3.73. The second-order valence-corrected chi connectivity index (χ2v) is 4.96. The topological polar surface area (TPSA) is 20.3 Å². The molecule has 18 heavy (non-hydrogen) atoms. The molecule has 0 radical (unpaired) electrons. The van der Waals surface area contributed by atoms with Crippen LogP contribution in [0.3, 0.4) is 0 Å². The van der Waals surface area contributed by atoms with Crippen molar-refractivity contribution >= 4 is 22.8 Å². The second-order valence-electron chi connectivity index (χ2n) is 4.18. The molecular weight excluding hydrogens is 249 g/mol. The van der Waals surface area contributed by atoms with Gasteiger partial charge in [0.05, 0.1) is 11.3 Å². The lowest BCUT2D eigenvalue weighted by Crippen LogP contribution is -2.19. The smallest absolute Gasteiger partial charge is 0.164 e. The van der Waals surface area contributed by atoms with E-state index < -0.39 is 5.82 Å². The number of rotatable bonds is 4. The van der Waals surface area contributed by atoms with Crippen LogP contribution in [-0.2, 0) is 6.54 Å². The highest BCUT2D eigenvalue weighted by Crippen LogP contribution is 2.24. The molecule has 4 heteroatoms. The first-order valence-electron chi connectivity index (χ1n) is 5.61. The van der Waals surface area contributed by atoms with Crippen molar-refractivity contribution < 1.29 is 9.18 Å². The summed E-state index contributed by atoms with van der Waals surface area (Å²) in [7, 11) is 1.86. The van der Waals surface area contributed by atoms with Crippen LogP contribution in [0, 0.1) is 5.82 Å². The van der Waals surface area contributed by atoms with Gasteiger partial charge in [-0.25, -0.2) is 4.39 Å². The van der Waals surface area contributed by atoms with Gasteiger partial charge in [0.15, 0.2) is 5.78 Å². The molecule has 2 nitrogen and oxygen atoms in total. The third kappa shape index (κ3) is 2.59. The highest BCUT2D eigenvalue weighted by molar-refractivity contribution is 7.07. The summed E-state index contributed by atoms with van der Waals surface area (Å²) in [6, 6.07) is 6.74. The van der Waals surface area contributed by atoms with Gasteiger partial charge >= 0.3 is 0 Å². The van der Waals surface area contributed by atoms with Gasteiger partial charge in [0.25, 0.3) is 0 Å². The summed E-state index contributed by atoms with van der Waals surface area (Å²) in [5.41, 5.74) is 1.95. The lowest BCUT2D eigenvalue weighted by Gasteiger charge is -2.21. The quantitative estimate of drug-likeness (QED) is 0.783. The maximum absolute atomic E-state index is 13.7. The molecule has 0 aliphatic rings. The van der Waals surface area contributed by atoms with E-state index in [1.165, 1.54) is 13.0 Å². The minimum atomic E-state index is -0.461. The van der Waals surface area contributed by atoms with Crippen LogP contribution in [0.15, 0.2) is 35.0 Å². The zero-order chi connectivity index (χ0) is 13.1. The molecule has 2 aromatic rings. The first-order chi connectivity index (χ1) is 8.59. The number of Topliss-reactive ketones (excluding diaryl/α,β-unsaturated/α-hetero) is 1. The molecular formula is C14H14FNOS. The summed E-state index contributed by atoms with van der Waals surface area (Å²) in [6.07, 6.45) is 0. The monoisotopic (exact) mass is 263 g/mol. The standard InChI is InChI=1S/C14H14FNOS/c1-10(17)14-12(15)4-3-5-13(14)16(2)8-11-6-7-18-9-11/h3-7,9H,8H2,1-2H3. The number of hydrogen-bond acceptors (Lipinski definition) is 3. The van der Waals surface area contributed by atoms with E-state index in [2.05, 4.69) is 0 Å². The highest BCUT2D eigenvalue weighted by atomic mass is 32.1. The third-order valence-corrected chi connectivity index (χ3v) is 3.49. The molecule has 1 heterocycles. The average molecular weight is 263 g/mol. The number of thiophene rings is 1. The molecule has 0 saturated carbocycles. The number of hydrogen-bond donors (Lipinski definition) is 0. The van der Waals surface area contributed by atoms with Crippen molar-refractivity contribution in [3.05, 3.63) is 52.0 Å². The van der Waals surface area contributed by atoms with Crippen molar-refractivity contribution in [3.8, 4) is 0 Å². The van der Waals surface area contributed by atoms with Crippen LogP contribution in [0.4, 0.5) is 10.1 Å². The molecule has 0 N–H and O–H groups in total. The van der Waals surface area contributed by atoms with Crippen molar-refractivity contribution in [2.24, 2.45) is 0 Å². The third-order valence-electron chi connectivity index (χ3n) is 2.75. The Balaban J connectivity index is 2.32. The lowest BCUT2D eigenvalue weighted by molar-refractivity contribution is 0.101. The summed E-state index contributed by atoms with van der Waals surface area (Å²) in [5, 5.41) is 4.05. The van der Waals surface area contributed by atoms with Crippen LogP contribution in [-0.4, -0.2) is 12.8 Å². The molecule has 2 rings (SSSR count). The van der Waals surface area contributed by atoms with E-state index in [-0.39, 0.29) is 11.3 Å². The zero-order valence-corrected chi connectivity index (χ0v) is 11.1. The predicted molar refractivity (Wildman–Crippen MR) is 72.8 cm³/mol. The van der Waals surface area contributed by atoms with E-state index in [4.69, 9.17) is 0 Å². The Bertz CT molecular complexity index is 551. The summed E-state index contributed by atoms with van der Waals surface area (Å²) in [6.45, 7) is 2.05. The number of anilines is 1. The Kier molecular flexibility index (Phi) is 3.77. The molecule has 0 atom stereocenters. The number of nitrogens with zero attached hydrogens (tertiary/aromatic N) is 1. The Hall–Kier alpha value is -1.68. The van der Waals surface area contributed by atoms with Gasteiger partial charge in [0.1, 0.15) is 5.82 Å². The van der Waals surface area contributed by atoms with Gasteiger partial charge in [-0.15, -0.1) is 0 Å². The molecule has 1 aromatic heterocycles. The van der Waals surface area contributed by atoms with Gasteiger partial charge in [-0.2, -0.15) is 11.3 Å². The molecule has 0 bridgehead atoms. The molecule has 0 amide bonds. The van der Waals surface area contributed by atoms with Crippen LogP contribution in [0.2, 0.25) is 0 Å². The van der Waals surface area contributed by atoms with Gasteiger partial charge in [-0.1, -0.05) is 6.07 Å². The van der Waals surface area contributed by atoms with Crippen molar-refractivity contribution in [2.45, 2.75) is 13.5 Å². The van der Waals surface area contributed by atoms with E-state index in [0.29, 0.717) is 12.2 Å². The molecule has 0 fully saturated rings. The van der Waals surface area contributed by atoms with Crippen LogP contribution in [0.1, 0.15) is 22.8 Å². The van der Waals surface area contributed by atoms with Crippen molar-refractivity contribution in [1.82, 2.24) is 0 Å². The van der Waals surface area contributed by atoms with Crippen LogP contribution < -0.4 is 4.90 Å². The van der Waals surface area contributed by atoms with E-state index in [9.17, 15) is 9.18 Å². The van der Waals surface area contributed by atoms with Gasteiger partial charge in [-0.05, 0) is 41.4 Å². The molecule has 1 aromatic carbocycles. The van der Waals surface area contributed by atoms with Crippen molar-refractivity contribution in [3.63, 3.8) is 0 Å². The maximum atomic E-state index is 13.7. The average Bonchev–Trinajstić information content (AvgIpc) is 2.80. The Morgan fingerprint density at radius 2 is 2.17 bits per heavy atom. The zero-order valence-electron chi connectivity index (χ0n) is 10.3. The second kappa shape index (κ2) is 5.31. The van der Waals surface area contributed by atoms with E-state index in [0.717, 1.165) is 5.56 Å². The van der Waals surface area contributed by atoms with Crippen LogP contribution >= 0.6 is 11.3 Å². The minimum absolute atomic E-state index is 0.162.